The number of para-hydroxylation sites is 1. The lowest BCUT2D eigenvalue weighted by atomic mass is 10.1. The molecule has 100 valence electrons. The Morgan fingerprint density at radius 3 is 2.85 bits per heavy atom. The number of nitrogen functional groups attached to an aromatic ring is 1. The zero-order chi connectivity index (χ0) is 14.1. The first-order chi connectivity index (χ1) is 9.63. The van der Waals surface area contributed by atoms with Crippen LogP contribution in [0, 0.1) is 6.92 Å². The topological polar surface area (TPSA) is 93.8 Å². The summed E-state index contributed by atoms with van der Waals surface area (Å²) in [5, 5.41) is 11.6. The fraction of sp³-hybridized carbons (Fsp3) is 0.0769. The van der Waals surface area contributed by atoms with E-state index in [4.69, 9.17) is 5.73 Å². The molecule has 2 heterocycles. The van der Waals surface area contributed by atoms with Gasteiger partial charge in [-0.1, -0.05) is 29.5 Å². The molecule has 0 aliphatic carbocycles. The van der Waals surface area contributed by atoms with Gasteiger partial charge in [0.25, 0.3) is 5.91 Å². The quantitative estimate of drug-likeness (QED) is 0.753. The van der Waals surface area contributed by atoms with E-state index in [1.165, 1.54) is 0 Å². The highest BCUT2D eigenvalue weighted by atomic mass is 32.1. The number of carbonyl (C=O) groups excluding carboxylic acids is 1. The van der Waals surface area contributed by atoms with Gasteiger partial charge in [-0.3, -0.25) is 9.78 Å². The van der Waals surface area contributed by atoms with E-state index in [-0.39, 0.29) is 16.0 Å². The van der Waals surface area contributed by atoms with Crippen LogP contribution in [0.4, 0.5) is 10.8 Å². The number of anilines is 2. The molecule has 20 heavy (non-hydrogen) atoms. The number of nitrogens with two attached hydrogens (primary N) is 1. The Kier molecular flexibility index (Phi) is 3.03. The molecule has 0 saturated carbocycles. The van der Waals surface area contributed by atoms with Crippen LogP contribution in [-0.2, 0) is 0 Å². The van der Waals surface area contributed by atoms with Crippen LogP contribution in [0.15, 0.2) is 30.3 Å². The lowest BCUT2D eigenvalue weighted by molar-refractivity contribution is 0.102. The van der Waals surface area contributed by atoms with Crippen LogP contribution in [0.5, 0.6) is 0 Å². The van der Waals surface area contributed by atoms with Crippen LogP contribution in [0.1, 0.15) is 15.5 Å². The smallest absolute Gasteiger partial charge is 0.286 e. The van der Waals surface area contributed by atoms with E-state index in [1.54, 1.807) is 0 Å². The molecule has 0 unspecified atom stereocenters. The third-order valence-electron chi connectivity index (χ3n) is 2.73. The summed E-state index contributed by atoms with van der Waals surface area (Å²) < 4.78 is 0. The summed E-state index contributed by atoms with van der Waals surface area (Å²) >= 11 is 1.05. The summed E-state index contributed by atoms with van der Waals surface area (Å²) in [6.07, 6.45) is 0. The van der Waals surface area contributed by atoms with E-state index in [9.17, 15) is 4.79 Å². The SMILES string of the molecule is Cc1cc(NC(=O)c2nnc(N)s2)c2ccccc2n1. The first-order valence-corrected chi connectivity index (χ1v) is 6.72. The van der Waals surface area contributed by atoms with E-state index in [0.29, 0.717) is 5.69 Å². The standard InChI is InChI=1S/C13H11N5OS/c1-7-6-10(8-4-2-3-5-9(8)15-7)16-11(19)12-17-18-13(14)20-12/h2-6H,1H3,(H2,14,18)(H,15,16,19). The summed E-state index contributed by atoms with van der Waals surface area (Å²) in [5.74, 6) is -0.324. The normalized spacial score (nSPS) is 10.7. The number of nitrogens with one attached hydrogen (secondary N) is 1. The Morgan fingerprint density at radius 2 is 2.10 bits per heavy atom. The Bertz CT molecular complexity index is 798. The molecule has 3 aromatic rings. The van der Waals surface area contributed by atoms with Crippen molar-refractivity contribution in [2.75, 3.05) is 11.1 Å². The minimum Gasteiger partial charge on any atom is -0.374 e. The van der Waals surface area contributed by atoms with Gasteiger partial charge in [0.15, 0.2) is 0 Å². The lowest BCUT2D eigenvalue weighted by Crippen LogP contribution is -2.12. The zero-order valence-electron chi connectivity index (χ0n) is 10.6. The highest BCUT2D eigenvalue weighted by Gasteiger charge is 2.13. The highest BCUT2D eigenvalue weighted by Crippen LogP contribution is 2.24. The molecule has 7 heteroatoms. The number of nitrogens with zero attached hydrogens (tertiary/aromatic N) is 3. The van der Waals surface area contributed by atoms with Crippen molar-refractivity contribution in [3.05, 3.63) is 41.0 Å². The molecular weight excluding hydrogens is 274 g/mol. The van der Waals surface area contributed by atoms with Crippen LogP contribution >= 0.6 is 11.3 Å². The number of aromatic nitrogens is 3. The Hall–Kier alpha value is -2.54. The van der Waals surface area contributed by atoms with E-state index in [1.807, 2.05) is 37.3 Å². The van der Waals surface area contributed by atoms with Gasteiger partial charge >= 0.3 is 0 Å². The van der Waals surface area contributed by atoms with Gasteiger partial charge in [0.2, 0.25) is 10.1 Å². The molecule has 0 radical (unpaired) electrons. The maximum atomic E-state index is 12.1. The van der Waals surface area contributed by atoms with Crippen molar-refractivity contribution in [3.63, 3.8) is 0 Å². The fourth-order valence-corrected chi connectivity index (χ4v) is 2.42. The molecular formula is C13H11N5OS. The van der Waals surface area contributed by atoms with Gasteiger partial charge in [0, 0.05) is 11.1 Å². The van der Waals surface area contributed by atoms with Crippen molar-refractivity contribution < 1.29 is 4.79 Å². The van der Waals surface area contributed by atoms with E-state index < -0.39 is 0 Å². The van der Waals surface area contributed by atoms with Crippen LogP contribution < -0.4 is 11.1 Å². The van der Waals surface area contributed by atoms with Gasteiger partial charge in [-0.2, -0.15) is 0 Å². The summed E-state index contributed by atoms with van der Waals surface area (Å²) in [6.45, 7) is 1.88. The second-order valence-corrected chi connectivity index (χ2v) is 5.24. The van der Waals surface area contributed by atoms with Gasteiger partial charge in [0.05, 0.1) is 11.2 Å². The molecule has 0 aliphatic heterocycles. The average molecular weight is 285 g/mol. The average Bonchev–Trinajstić information content (AvgIpc) is 2.85. The van der Waals surface area contributed by atoms with Crippen LogP contribution in [0.2, 0.25) is 0 Å². The molecule has 0 spiro atoms. The zero-order valence-corrected chi connectivity index (χ0v) is 11.4. The van der Waals surface area contributed by atoms with Gasteiger partial charge in [-0.25, -0.2) is 0 Å². The van der Waals surface area contributed by atoms with Crippen molar-refractivity contribution in [3.8, 4) is 0 Å². The molecule has 0 saturated heterocycles. The molecule has 3 rings (SSSR count). The molecule has 0 aliphatic rings. The van der Waals surface area contributed by atoms with Crippen molar-refractivity contribution in [2.24, 2.45) is 0 Å². The minimum absolute atomic E-state index is 0.237. The van der Waals surface area contributed by atoms with Gasteiger partial charge < -0.3 is 11.1 Å². The molecule has 1 aromatic carbocycles. The summed E-state index contributed by atoms with van der Waals surface area (Å²) in [7, 11) is 0. The van der Waals surface area contributed by atoms with E-state index in [2.05, 4.69) is 20.5 Å². The summed E-state index contributed by atoms with van der Waals surface area (Å²) in [4.78, 5) is 16.5. The number of amides is 1. The van der Waals surface area contributed by atoms with Gasteiger partial charge in [0.1, 0.15) is 0 Å². The second kappa shape index (κ2) is 4.86. The van der Waals surface area contributed by atoms with Crippen molar-refractivity contribution in [2.45, 2.75) is 6.92 Å². The number of hydrogen-bond donors (Lipinski definition) is 2. The fourth-order valence-electron chi connectivity index (χ4n) is 1.91. The Labute approximate surface area is 118 Å². The molecule has 2 aromatic heterocycles. The summed E-state index contributed by atoms with van der Waals surface area (Å²) in [5.41, 5.74) is 7.84. The van der Waals surface area contributed by atoms with Crippen LogP contribution in [0.25, 0.3) is 10.9 Å². The number of rotatable bonds is 2. The van der Waals surface area contributed by atoms with Gasteiger partial charge in [-0.15, -0.1) is 10.2 Å². The first-order valence-electron chi connectivity index (χ1n) is 5.90. The molecule has 3 N–H and O–H groups in total. The monoisotopic (exact) mass is 285 g/mol. The highest BCUT2D eigenvalue weighted by molar-refractivity contribution is 7.17. The Balaban J connectivity index is 2.00. The first kappa shape index (κ1) is 12.5. The number of carbonyl (C=O) groups is 1. The van der Waals surface area contributed by atoms with Crippen LogP contribution in [-0.4, -0.2) is 21.1 Å². The predicted octanol–water partition coefficient (Wildman–Crippen LogP) is 2.23. The maximum Gasteiger partial charge on any atom is 0.286 e. The number of hydrogen-bond acceptors (Lipinski definition) is 6. The molecule has 0 fully saturated rings. The molecule has 0 atom stereocenters. The third-order valence-corrected chi connectivity index (χ3v) is 3.48. The van der Waals surface area contributed by atoms with Gasteiger partial charge in [-0.05, 0) is 19.1 Å². The van der Waals surface area contributed by atoms with Crippen molar-refractivity contribution >= 4 is 39.0 Å². The summed E-state index contributed by atoms with van der Waals surface area (Å²) in [6, 6.07) is 9.45. The van der Waals surface area contributed by atoms with E-state index in [0.717, 1.165) is 27.9 Å². The third kappa shape index (κ3) is 2.30. The second-order valence-electron chi connectivity index (χ2n) is 4.23. The Morgan fingerprint density at radius 1 is 1.30 bits per heavy atom. The van der Waals surface area contributed by atoms with E-state index >= 15 is 0 Å². The number of aryl methyl sites for hydroxylation is 1. The maximum absolute atomic E-state index is 12.1. The minimum atomic E-state index is -0.324. The van der Waals surface area contributed by atoms with Crippen molar-refractivity contribution in [1.29, 1.82) is 0 Å². The number of pyridine rings is 1. The number of fused-ring (bicyclic) bond motifs is 1. The lowest BCUT2D eigenvalue weighted by Gasteiger charge is -2.08. The van der Waals surface area contributed by atoms with Crippen LogP contribution in [0.3, 0.4) is 0 Å². The molecule has 0 bridgehead atoms. The molecule has 6 nitrogen and oxygen atoms in total. The number of benzene rings is 1. The van der Waals surface area contributed by atoms with Crippen molar-refractivity contribution in [1.82, 2.24) is 15.2 Å². The molecule has 1 amide bonds. The largest absolute Gasteiger partial charge is 0.374 e. The predicted molar refractivity (Wildman–Crippen MR) is 78.8 cm³/mol.